The topological polar surface area (TPSA) is 66.0 Å². The van der Waals surface area contributed by atoms with Gasteiger partial charge in [-0.05, 0) is 29.0 Å². The van der Waals surface area contributed by atoms with Crippen LogP contribution in [0.2, 0.25) is 0 Å². The molecule has 1 aliphatic heterocycles. The maximum absolute atomic E-state index is 12.0. The second kappa shape index (κ2) is 14.1. The fourth-order valence-electron chi connectivity index (χ4n) is 3.64. The number of aliphatic imine (C=N–C) groups is 1. The maximum Gasteiger partial charge on any atom is 0.222 e. The first-order chi connectivity index (χ1) is 15.2. The maximum atomic E-state index is 12.0. The third-order valence-corrected chi connectivity index (χ3v) is 5.45. The van der Waals surface area contributed by atoms with E-state index in [1.165, 1.54) is 16.7 Å². The molecule has 1 heterocycles. The van der Waals surface area contributed by atoms with E-state index in [0.717, 1.165) is 25.5 Å². The molecule has 1 saturated heterocycles. The summed E-state index contributed by atoms with van der Waals surface area (Å²) in [5.41, 5.74) is 3.56. The Balaban J connectivity index is 0.00000363. The van der Waals surface area contributed by atoms with Gasteiger partial charge in [-0.15, -0.1) is 24.0 Å². The van der Waals surface area contributed by atoms with Crippen molar-refractivity contribution in [1.82, 2.24) is 15.5 Å². The summed E-state index contributed by atoms with van der Waals surface area (Å²) < 4.78 is 5.83. The number of guanidine groups is 1. The molecule has 1 unspecified atom stereocenters. The zero-order chi connectivity index (χ0) is 21.9. The number of carbonyl (C=O) groups is 1. The number of ether oxygens (including phenoxy) is 1. The summed E-state index contributed by atoms with van der Waals surface area (Å²) in [5, 5.41) is 6.78. The second-order valence-corrected chi connectivity index (χ2v) is 8.10. The number of amides is 1. The predicted octanol–water partition coefficient (Wildman–Crippen LogP) is 3.94. The van der Waals surface area contributed by atoms with Gasteiger partial charge in [0, 0.05) is 39.6 Å². The smallest absolute Gasteiger partial charge is 0.222 e. The minimum absolute atomic E-state index is 0. The summed E-state index contributed by atoms with van der Waals surface area (Å²) >= 11 is 0. The van der Waals surface area contributed by atoms with Crippen molar-refractivity contribution in [1.29, 1.82) is 0 Å². The van der Waals surface area contributed by atoms with Crippen LogP contribution in [0.3, 0.4) is 0 Å². The van der Waals surface area contributed by atoms with Crippen LogP contribution in [0.4, 0.5) is 0 Å². The first-order valence-electron chi connectivity index (χ1n) is 11.1. The molecule has 1 aliphatic rings. The lowest BCUT2D eigenvalue weighted by Crippen LogP contribution is -2.40. The number of halogens is 1. The molecule has 1 fully saturated rings. The Bertz CT molecular complexity index is 860. The number of likely N-dealkylation sites (tertiary alicyclic amines) is 1. The van der Waals surface area contributed by atoms with Crippen molar-refractivity contribution in [3.05, 3.63) is 71.3 Å². The van der Waals surface area contributed by atoms with Crippen molar-refractivity contribution >= 4 is 35.8 Å². The van der Waals surface area contributed by atoms with E-state index in [-0.39, 0.29) is 29.9 Å². The number of hydrogen-bond donors (Lipinski definition) is 2. The number of rotatable bonds is 10. The zero-order valence-electron chi connectivity index (χ0n) is 19.0. The normalized spacial score (nSPS) is 14.8. The monoisotopic (exact) mass is 550 g/mol. The van der Waals surface area contributed by atoms with Crippen molar-refractivity contribution in [2.45, 2.75) is 39.5 Å². The molecule has 0 spiro atoms. The lowest BCUT2D eigenvalue weighted by Gasteiger charge is -2.20. The molecular weight excluding hydrogens is 515 g/mol. The van der Waals surface area contributed by atoms with Crippen LogP contribution < -0.4 is 10.6 Å². The minimum Gasteiger partial charge on any atom is -0.376 e. The summed E-state index contributed by atoms with van der Waals surface area (Å²) in [6, 6.07) is 18.5. The molecule has 0 aromatic heterocycles. The van der Waals surface area contributed by atoms with Crippen LogP contribution in [-0.2, 0) is 29.2 Å². The van der Waals surface area contributed by atoms with Gasteiger partial charge in [0.15, 0.2) is 5.96 Å². The highest BCUT2D eigenvalue weighted by Crippen LogP contribution is 2.17. The average molecular weight is 550 g/mol. The molecule has 0 radical (unpaired) electrons. The van der Waals surface area contributed by atoms with E-state index >= 15 is 0 Å². The molecule has 2 aromatic carbocycles. The second-order valence-electron chi connectivity index (χ2n) is 8.10. The van der Waals surface area contributed by atoms with Crippen LogP contribution in [0.5, 0.6) is 0 Å². The van der Waals surface area contributed by atoms with E-state index in [0.29, 0.717) is 38.6 Å². The molecule has 6 nitrogen and oxygen atoms in total. The lowest BCUT2D eigenvalue weighted by atomic mass is 10.1. The van der Waals surface area contributed by atoms with Crippen molar-refractivity contribution in [3.8, 4) is 0 Å². The SMILES string of the molecule is CN=C(NCc1ccccc1CN1CCCC1=O)NCC(C)COCc1ccccc1.I. The Hall–Kier alpha value is -2.13. The van der Waals surface area contributed by atoms with Gasteiger partial charge in [-0.25, -0.2) is 0 Å². The first kappa shape index (κ1) is 26.1. The molecule has 0 aliphatic carbocycles. The molecule has 0 saturated carbocycles. The van der Waals surface area contributed by atoms with Gasteiger partial charge in [0.05, 0.1) is 13.2 Å². The van der Waals surface area contributed by atoms with E-state index in [1.54, 1.807) is 7.05 Å². The molecule has 2 aromatic rings. The first-order valence-corrected chi connectivity index (χ1v) is 11.1. The quantitative estimate of drug-likeness (QED) is 0.267. The van der Waals surface area contributed by atoms with Gasteiger partial charge in [0.2, 0.25) is 5.91 Å². The Morgan fingerprint density at radius 2 is 1.81 bits per heavy atom. The van der Waals surface area contributed by atoms with Crippen molar-refractivity contribution in [2.75, 3.05) is 26.7 Å². The molecule has 0 bridgehead atoms. The molecule has 1 amide bonds. The summed E-state index contributed by atoms with van der Waals surface area (Å²) in [6.45, 7) is 6.45. The highest BCUT2D eigenvalue weighted by molar-refractivity contribution is 14.0. The Morgan fingerprint density at radius 3 is 2.50 bits per heavy atom. The number of carbonyl (C=O) groups excluding carboxylic acids is 1. The Labute approximate surface area is 208 Å². The van der Waals surface area contributed by atoms with Crippen LogP contribution >= 0.6 is 24.0 Å². The molecule has 32 heavy (non-hydrogen) atoms. The number of nitrogens with zero attached hydrogens (tertiary/aromatic N) is 2. The third kappa shape index (κ3) is 8.43. The van der Waals surface area contributed by atoms with Crippen LogP contribution in [0.15, 0.2) is 59.6 Å². The van der Waals surface area contributed by atoms with Crippen LogP contribution in [0.1, 0.15) is 36.5 Å². The van der Waals surface area contributed by atoms with E-state index in [9.17, 15) is 4.79 Å². The van der Waals surface area contributed by atoms with Gasteiger partial charge in [0.25, 0.3) is 0 Å². The van der Waals surface area contributed by atoms with E-state index < -0.39 is 0 Å². The summed E-state index contributed by atoms with van der Waals surface area (Å²) in [4.78, 5) is 18.3. The minimum atomic E-state index is 0. The van der Waals surface area contributed by atoms with Crippen molar-refractivity contribution < 1.29 is 9.53 Å². The predicted molar refractivity (Wildman–Crippen MR) is 140 cm³/mol. The average Bonchev–Trinajstić information content (AvgIpc) is 3.20. The third-order valence-electron chi connectivity index (χ3n) is 5.45. The summed E-state index contributed by atoms with van der Waals surface area (Å²) in [7, 11) is 1.78. The van der Waals surface area contributed by atoms with E-state index in [1.807, 2.05) is 35.2 Å². The van der Waals surface area contributed by atoms with E-state index in [2.05, 4.69) is 46.8 Å². The molecule has 174 valence electrons. The summed E-state index contributed by atoms with van der Waals surface area (Å²) in [5.74, 6) is 1.38. The Kier molecular flexibility index (Phi) is 11.5. The standard InChI is InChI=1S/C25H34N4O2.HI/c1-20(18-31-19-21-9-4-3-5-10-21)15-27-25(26-2)28-16-22-11-6-7-12-23(22)17-29-14-8-13-24(29)30;/h3-7,9-12,20H,8,13-19H2,1-2H3,(H2,26,27,28);1H. The summed E-state index contributed by atoms with van der Waals surface area (Å²) in [6.07, 6.45) is 1.63. The fraction of sp³-hybridized carbons (Fsp3) is 0.440. The molecule has 2 N–H and O–H groups in total. The van der Waals surface area contributed by atoms with Gasteiger partial charge in [-0.2, -0.15) is 0 Å². The molecule has 3 rings (SSSR count). The van der Waals surface area contributed by atoms with Gasteiger partial charge >= 0.3 is 0 Å². The Morgan fingerprint density at radius 1 is 1.09 bits per heavy atom. The highest BCUT2D eigenvalue weighted by atomic mass is 127. The molecular formula is C25H35IN4O2. The number of nitrogens with one attached hydrogen (secondary N) is 2. The molecule has 7 heteroatoms. The van der Waals surface area contributed by atoms with Crippen molar-refractivity contribution in [3.63, 3.8) is 0 Å². The van der Waals surface area contributed by atoms with Gasteiger partial charge in [0.1, 0.15) is 0 Å². The van der Waals surface area contributed by atoms with Crippen LogP contribution in [0, 0.1) is 5.92 Å². The lowest BCUT2D eigenvalue weighted by molar-refractivity contribution is -0.128. The van der Waals surface area contributed by atoms with Gasteiger partial charge < -0.3 is 20.3 Å². The fourth-order valence-corrected chi connectivity index (χ4v) is 3.64. The number of benzene rings is 2. The van der Waals surface area contributed by atoms with Crippen molar-refractivity contribution in [2.24, 2.45) is 10.9 Å². The van der Waals surface area contributed by atoms with Gasteiger partial charge in [-0.1, -0.05) is 61.5 Å². The zero-order valence-corrected chi connectivity index (χ0v) is 21.4. The highest BCUT2D eigenvalue weighted by Gasteiger charge is 2.20. The van der Waals surface area contributed by atoms with Crippen LogP contribution in [-0.4, -0.2) is 43.5 Å². The van der Waals surface area contributed by atoms with Crippen LogP contribution in [0.25, 0.3) is 0 Å². The largest absolute Gasteiger partial charge is 0.376 e. The van der Waals surface area contributed by atoms with E-state index in [4.69, 9.17) is 4.74 Å². The van der Waals surface area contributed by atoms with Gasteiger partial charge in [-0.3, -0.25) is 9.79 Å². The molecule has 1 atom stereocenters. The number of hydrogen-bond acceptors (Lipinski definition) is 3.